The van der Waals surface area contributed by atoms with E-state index in [0.717, 1.165) is 30.3 Å². The number of sulfonamides is 1. The number of hydrogen-bond donors (Lipinski definition) is 2. The number of alkyl halides is 3. The van der Waals surface area contributed by atoms with E-state index in [-0.39, 0.29) is 0 Å². The van der Waals surface area contributed by atoms with Crippen LogP contribution in [0.25, 0.3) is 11.0 Å². The predicted molar refractivity (Wildman–Crippen MR) is 110 cm³/mol. The second-order valence-electron chi connectivity index (χ2n) is 6.69. The van der Waals surface area contributed by atoms with E-state index >= 15 is 0 Å². The minimum absolute atomic E-state index is 0.320. The lowest BCUT2D eigenvalue weighted by Gasteiger charge is -2.12. The molecule has 2 aromatic carbocycles. The number of aromatic nitrogens is 3. The van der Waals surface area contributed by atoms with E-state index in [1.54, 1.807) is 6.07 Å². The number of benzene rings is 2. The quantitative estimate of drug-likeness (QED) is 0.325. The average Bonchev–Trinajstić information content (AvgIpc) is 3.22. The zero-order chi connectivity index (χ0) is 24.5. The van der Waals surface area contributed by atoms with Crippen LogP contribution in [0.4, 0.5) is 27.6 Å². The number of H-pyrrole nitrogens is 1. The van der Waals surface area contributed by atoms with E-state index in [0.29, 0.717) is 22.7 Å². The van der Waals surface area contributed by atoms with Crippen LogP contribution >= 0.6 is 0 Å². The van der Waals surface area contributed by atoms with Gasteiger partial charge in [0.15, 0.2) is 11.5 Å². The van der Waals surface area contributed by atoms with E-state index in [9.17, 15) is 30.4 Å². The molecule has 0 radical (unpaired) electrons. The van der Waals surface area contributed by atoms with Crippen LogP contribution in [0, 0.1) is 23.5 Å². The largest absolute Gasteiger partial charge is 0.573 e. The smallest absolute Gasteiger partial charge is 0.406 e. The summed E-state index contributed by atoms with van der Waals surface area (Å²) in [6.45, 7) is 0. The molecule has 4 rings (SSSR count). The zero-order valence-corrected chi connectivity index (χ0v) is 17.4. The molecule has 4 aromatic rings. The predicted octanol–water partition coefficient (Wildman–Crippen LogP) is 4.34. The zero-order valence-electron chi connectivity index (χ0n) is 16.6. The van der Waals surface area contributed by atoms with Gasteiger partial charge in [-0.2, -0.15) is 5.10 Å². The van der Waals surface area contributed by atoms with Crippen LogP contribution in [0.3, 0.4) is 0 Å². The molecule has 2 N–H and O–H groups in total. The molecule has 34 heavy (non-hydrogen) atoms. The summed E-state index contributed by atoms with van der Waals surface area (Å²) in [5.74, 6) is 1.70. The summed E-state index contributed by atoms with van der Waals surface area (Å²) in [6, 6.07) is 6.70. The van der Waals surface area contributed by atoms with E-state index in [1.807, 2.05) is 4.72 Å². The molecule has 0 spiro atoms. The third-order valence-electron chi connectivity index (χ3n) is 4.31. The van der Waals surface area contributed by atoms with Gasteiger partial charge in [-0.05, 0) is 30.3 Å². The molecule has 0 unspecified atom stereocenters. The van der Waals surface area contributed by atoms with Crippen molar-refractivity contribution < 1.29 is 35.1 Å². The first-order chi connectivity index (χ1) is 16.0. The van der Waals surface area contributed by atoms with Gasteiger partial charge < -0.3 is 4.74 Å². The highest BCUT2D eigenvalue weighted by Gasteiger charge is 2.31. The Balaban J connectivity index is 1.64. The first-order valence-corrected chi connectivity index (χ1v) is 10.7. The molecule has 0 bridgehead atoms. The molecule has 13 heteroatoms. The lowest BCUT2D eigenvalue weighted by Crippen LogP contribution is -2.18. The minimum Gasteiger partial charge on any atom is -0.406 e. The van der Waals surface area contributed by atoms with Crippen molar-refractivity contribution in [2.24, 2.45) is 0 Å². The van der Waals surface area contributed by atoms with Crippen LogP contribution in [0.15, 0.2) is 59.8 Å². The number of ether oxygens (including phenoxy) is 1. The highest BCUT2D eigenvalue weighted by Crippen LogP contribution is 2.27. The third-order valence-corrected chi connectivity index (χ3v) is 5.67. The molecule has 2 aromatic heterocycles. The molecule has 0 amide bonds. The fourth-order valence-electron chi connectivity index (χ4n) is 2.83. The molecule has 0 atom stereocenters. The van der Waals surface area contributed by atoms with Crippen LogP contribution in [0.2, 0.25) is 0 Å². The van der Waals surface area contributed by atoms with Crippen molar-refractivity contribution in [2.75, 3.05) is 4.72 Å². The number of anilines is 1. The van der Waals surface area contributed by atoms with Crippen molar-refractivity contribution in [3.63, 3.8) is 0 Å². The summed E-state index contributed by atoms with van der Waals surface area (Å²) in [5.41, 5.74) is -0.568. The maximum Gasteiger partial charge on any atom is 0.573 e. The first-order valence-electron chi connectivity index (χ1n) is 9.20. The number of hydrogen-bond acceptors (Lipinski definition) is 5. The fourth-order valence-corrected chi connectivity index (χ4v) is 3.92. The SMILES string of the molecule is O=S(=O)(Nc1ccc(F)c(C#Cc2cnc3[nH]ncc3c2)c1F)c1cccc(OC(F)(F)F)c1. The van der Waals surface area contributed by atoms with Crippen molar-refractivity contribution in [3.8, 4) is 17.6 Å². The van der Waals surface area contributed by atoms with Gasteiger partial charge in [0.2, 0.25) is 0 Å². The molecular formula is C21H11F5N4O3S. The number of nitrogens with zero attached hydrogens (tertiary/aromatic N) is 2. The van der Waals surface area contributed by atoms with Crippen LogP contribution < -0.4 is 9.46 Å². The normalized spacial score (nSPS) is 11.7. The second-order valence-corrected chi connectivity index (χ2v) is 8.38. The van der Waals surface area contributed by atoms with Gasteiger partial charge in [-0.1, -0.05) is 17.9 Å². The maximum atomic E-state index is 14.9. The van der Waals surface area contributed by atoms with Crippen molar-refractivity contribution >= 4 is 26.7 Å². The van der Waals surface area contributed by atoms with Gasteiger partial charge in [-0.25, -0.2) is 22.2 Å². The Hall–Kier alpha value is -4.18. The topological polar surface area (TPSA) is 97.0 Å². The number of fused-ring (bicyclic) bond motifs is 1. The third kappa shape index (κ3) is 5.07. The van der Waals surface area contributed by atoms with Gasteiger partial charge in [-0.15, -0.1) is 13.2 Å². The summed E-state index contributed by atoms with van der Waals surface area (Å²) in [5, 5.41) is 7.05. The Morgan fingerprint density at radius 3 is 2.59 bits per heavy atom. The monoisotopic (exact) mass is 494 g/mol. The summed E-state index contributed by atoms with van der Waals surface area (Å²) >= 11 is 0. The van der Waals surface area contributed by atoms with Gasteiger partial charge in [0, 0.05) is 23.2 Å². The van der Waals surface area contributed by atoms with Crippen LogP contribution in [0.1, 0.15) is 11.1 Å². The minimum atomic E-state index is -5.04. The summed E-state index contributed by atoms with van der Waals surface area (Å²) in [6.07, 6.45) is -2.20. The standard InChI is InChI=1S/C21H11F5N4O3S/c22-17-6-7-18(30-34(31,32)15-3-1-2-14(9-15)33-21(24,25)26)19(23)16(17)5-4-12-8-13-11-28-29-20(13)27-10-12/h1-3,6-11,30H,(H,27,28,29). The first kappa shape index (κ1) is 23.0. The van der Waals surface area contributed by atoms with Crippen molar-refractivity contribution in [3.05, 3.63) is 77.6 Å². The molecule has 0 fully saturated rings. The Morgan fingerprint density at radius 1 is 1.03 bits per heavy atom. The highest BCUT2D eigenvalue weighted by atomic mass is 32.2. The summed E-state index contributed by atoms with van der Waals surface area (Å²) < 4.78 is 97.1. The highest BCUT2D eigenvalue weighted by molar-refractivity contribution is 7.92. The molecule has 0 saturated carbocycles. The Morgan fingerprint density at radius 2 is 1.82 bits per heavy atom. The summed E-state index contributed by atoms with van der Waals surface area (Å²) in [7, 11) is -4.56. The maximum absolute atomic E-state index is 14.9. The molecule has 2 heterocycles. The van der Waals surface area contributed by atoms with Crippen molar-refractivity contribution in [1.29, 1.82) is 0 Å². The lowest BCUT2D eigenvalue weighted by atomic mass is 10.1. The number of halogens is 5. The van der Waals surface area contributed by atoms with Gasteiger partial charge in [0.05, 0.1) is 22.3 Å². The number of pyridine rings is 1. The second kappa shape index (κ2) is 8.64. The van der Waals surface area contributed by atoms with E-state index in [1.165, 1.54) is 12.4 Å². The summed E-state index contributed by atoms with van der Waals surface area (Å²) in [4.78, 5) is 3.41. The number of aromatic amines is 1. The molecule has 174 valence electrons. The Kier molecular flexibility index (Phi) is 5.84. The van der Waals surface area contributed by atoms with Crippen molar-refractivity contribution in [2.45, 2.75) is 11.3 Å². The van der Waals surface area contributed by atoms with Crippen LogP contribution in [0.5, 0.6) is 5.75 Å². The molecule has 0 aliphatic rings. The van der Waals surface area contributed by atoms with E-state index in [4.69, 9.17) is 0 Å². The van der Waals surface area contributed by atoms with Crippen LogP contribution in [-0.4, -0.2) is 30.0 Å². The molecule has 7 nitrogen and oxygen atoms in total. The fraction of sp³-hybridized carbons (Fsp3) is 0.0476. The van der Waals surface area contributed by atoms with Gasteiger partial charge >= 0.3 is 6.36 Å². The van der Waals surface area contributed by atoms with Gasteiger partial charge in [-0.3, -0.25) is 9.82 Å². The lowest BCUT2D eigenvalue weighted by molar-refractivity contribution is -0.274. The molecular weight excluding hydrogens is 483 g/mol. The van der Waals surface area contributed by atoms with E-state index in [2.05, 4.69) is 31.8 Å². The van der Waals surface area contributed by atoms with E-state index < -0.39 is 49.9 Å². The molecule has 0 saturated heterocycles. The molecule has 0 aliphatic heterocycles. The average molecular weight is 494 g/mol. The number of rotatable bonds is 4. The Labute approximate surface area is 188 Å². The van der Waals surface area contributed by atoms with Gasteiger partial charge in [0.1, 0.15) is 11.6 Å². The number of nitrogens with one attached hydrogen (secondary N) is 2. The Bertz CT molecular complexity index is 1560. The van der Waals surface area contributed by atoms with Crippen molar-refractivity contribution in [1.82, 2.24) is 15.2 Å². The van der Waals surface area contributed by atoms with Gasteiger partial charge in [0.25, 0.3) is 10.0 Å². The van der Waals surface area contributed by atoms with Crippen LogP contribution in [-0.2, 0) is 10.0 Å². The molecule has 0 aliphatic carbocycles.